The van der Waals surface area contributed by atoms with Crippen molar-refractivity contribution < 1.29 is 18.9 Å². The molecule has 0 bridgehead atoms. The van der Waals surface area contributed by atoms with Gasteiger partial charge in [-0.1, -0.05) is 6.07 Å². The molecule has 0 spiro atoms. The Morgan fingerprint density at radius 1 is 1.27 bits per heavy atom. The molecular formula is C13H7N3O5S. The Morgan fingerprint density at radius 3 is 2.73 bits per heavy atom. The first-order valence-electron chi connectivity index (χ1n) is 5.99. The minimum absolute atomic E-state index is 0.111. The lowest BCUT2D eigenvalue weighted by molar-refractivity contribution is -0.402. The summed E-state index contributed by atoms with van der Waals surface area (Å²) in [5.41, 5.74) is 0. The number of amides is 2. The Balaban J connectivity index is 1.90. The summed E-state index contributed by atoms with van der Waals surface area (Å²) in [5, 5.41) is 10.1. The molecule has 9 heteroatoms. The first-order chi connectivity index (χ1) is 10.6. The smallest absolute Gasteiger partial charge is 0.401 e. The van der Waals surface area contributed by atoms with Gasteiger partial charge in [-0.25, -0.2) is 9.88 Å². The van der Waals surface area contributed by atoms with Crippen molar-refractivity contribution >= 4 is 40.7 Å². The number of aromatic nitrogens is 1. The van der Waals surface area contributed by atoms with E-state index < -0.39 is 22.0 Å². The summed E-state index contributed by atoms with van der Waals surface area (Å²) in [6, 6.07) is 7.39. The fourth-order valence-electron chi connectivity index (χ4n) is 1.80. The molecule has 0 saturated carbocycles. The highest BCUT2D eigenvalue weighted by Crippen LogP contribution is 2.35. The van der Waals surface area contributed by atoms with Crippen molar-refractivity contribution in [2.45, 2.75) is 0 Å². The van der Waals surface area contributed by atoms with Crippen LogP contribution in [0.4, 0.5) is 16.5 Å². The van der Waals surface area contributed by atoms with E-state index in [9.17, 15) is 19.7 Å². The molecule has 110 valence electrons. The van der Waals surface area contributed by atoms with E-state index in [2.05, 4.69) is 4.98 Å². The number of anilines is 1. The minimum Gasteiger partial charge on any atom is -0.401 e. The van der Waals surface area contributed by atoms with Crippen LogP contribution in [0.2, 0.25) is 0 Å². The molecule has 1 aliphatic heterocycles. The Bertz CT molecular complexity index is 799. The molecule has 0 aliphatic carbocycles. The fourth-order valence-corrected chi connectivity index (χ4v) is 2.61. The van der Waals surface area contributed by atoms with E-state index in [0.29, 0.717) is 0 Å². The summed E-state index contributed by atoms with van der Waals surface area (Å²) in [5.74, 6) is -0.639. The minimum atomic E-state index is -0.684. The molecule has 22 heavy (non-hydrogen) atoms. The zero-order valence-corrected chi connectivity index (χ0v) is 11.6. The molecule has 1 aliphatic rings. The molecule has 3 heterocycles. The van der Waals surface area contributed by atoms with E-state index in [4.69, 9.17) is 4.42 Å². The van der Waals surface area contributed by atoms with E-state index in [1.54, 1.807) is 12.1 Å². The first kappa shape index (κ1) is 14.0. The van der Waals surface area contributed by atoms with Gasteiger partial charge in [0, 0.05) is 12.3 Å². The zero-order valence-electron chi connectivity index (χ0n) is 10.8. The highest BCUT2D eigenvalue weighted by molar-refractivity contribution is 8.19. The van der Waals surface area contributed by atoms with Gasteiger partial charge < -0.3 is 4.42 Å². The Hall–Kier alpha value is -2.94. The van der Waals surface area contributed by atoms with Crippen LogP contribution in [0.5, 0.6) is 0 Å². The van der Waals surface area contributed by atoms with Crippen molar-refractivity contribution in [2.75, 3.05) is 4.90 Å². The maximum absolute atomic E-state index is 12.3. The molecule has 2 amide bonds. The van der Waals surface area contributed by atoms with Crippen molar-refractivity contribution in [3.63, 3.8) is 0 Å². The largest absolute Gasteiger partial charge is 0.433 e. The molecule has 1 fully saturated rings. The van der Waals surface area contributed by atoms with Crippen molar-refractivity contribution in [3.8, 4) is 0 Å². The SMILES string of the molecule is O=C1S/C(=C\c2ccc([N+](=O)[O-])o2)C(=O)N1c1ccccn1. The highest BCUT2D eigenvalue weighted by Gasteiger charge is 2.37. The molecule has 3 rings (SSSR count). The average molecular weight is 317 g/mol. The monoisotopic (exact) mass is 317 g/mol. The standard InChI is InChI=1S/C13H7N3O5S/c17-12-9(7-8-4-5-11(21-8)16(19)20)22-13(18)15(12)10-3-1-2-6-14-10/h1-7H/b9-7-. The van der Waals surface area contributed by atoms with E-state index in [1.165, 1.54) is 30.5 Å². The fraction of sp³-hybridized carbons (Fsp3) is 0. The second-order valence-corrected chi connectivity index (χ2v) is 5.13. The number of imide groups is 1. The number of nitrogens with zero attached hydrogens (tertiary/aromatic N) is 3. The predicted octanol–water partition coefficient (Wildman–Crippen LogP) is 2.82. The maximum atomic E-state index is 12.3. The van der Waals surface area contributed by atoms with E-state index in [1.807, 2.05) is 0 Å². The third-order valence-electron chi connectivity index (χ3n) is 2.74. The van der Waals surface area contributed by atoms with Gasteiger partial charge in [-0.15, -0.1) is 0 Å². The number of carbonyl (C=O) groups excluding carboxylic acids is 2. The topological polar surface area (TPSA) is 107 Å². The number of furan rings is 1. The van der Waals surface area contributed by atoms with Crippen LogP contribution in [0.3, 0.4) is 0 Å². The van der Waals surface area contributed by atoms with Gasteiger partial charge in [0.1, 0.15) is 16.5 Å². The van der Waals surface area contributed by atoms with Crippen LogP contribution in [0.1, 0.15) is 5.76 Å². The van der Waals surface area contributed by atoms with Crippen LogP contribution in [0.25, 0.3) is 6.08 Å². The van der Waals surface area contributed by atoms with Crippen LogP contribution < -0.4 is 4.90 Å². The molecule has 0 aromatic carbocycles. The van der Waals surface area contributed by atoms with Gasteiger partial charge in [0.2, 0.25) is 0 Å². The number of hydrogen-bond donors (Lipinski definition) is 0. The van der Waals surface area contributed by atoms with Gasteiger partial charge in [0.05, 0.1) is 11.0 Å². The summed E-state index contributed by atoms with van der Waals surface area (Å²) >= 11 is 0.718. The van der Waals surface area contributed by atoms with Crippen LogP contribution in [0.15, 0.2) is 45.9 Å². The second kappa shape index (κ2) is 5.45. The molecular weight excluding hydrogens is 310 g/mol. The van der Waals surface area contributed by atoms with Crippen LogP contribution in [0, 0.1) is 10.1 Å². The molecule has 2 aromatic rings. The Morgan fingerprint density at radius 2 is 2.09 bits per heavy atom. The van der Waals surface area contributed by atoms with E-state index >= 15 is 0 Å². The molecule has 0 atom stereocenters. The molecule has 2 aromatic heterocycles. The summed E-state index contributed by atoms with van der Waals surface area (Å²) in [6.07, 6.45) is 2.76. The van der Waals surface area contributed by atoms with Crippen molar-refractivity contribution in [3.05, 3.63) is 57.3 Å². The third kappa shape index (κ3) is 2.49. The van der Waals surface area contributed by atoms with Gasteiger partial charge in [-0.05, 0) is 30.0 Å². The summed E-state index contributed by atoms with van der Waals surface area (Å²) in [6.45, 7) is 0. The number of rotatable bonds is 3. The lowest BCUT2D eigenvalue weighted by Crippen LogP contribution is -2.28. The van der Waals surface area contributed by atoms with Crippen LogP contribution in [-0.4, -0.2) is 21.1 Å². The number of hydrogen-bond acceptors (Lipinski definition) is 7. The van der Waals surface area contributed by atoms with Gasteiger partial charge in [-0.3, -0.25) is 19.7 Å². The van der Waals surface area contributed by atoms with Gasteiger partial charge in [0.25, 0.3) is 11.1 Å². The second-order valence-electron chi connectivity index (χ2n) is 4.14. The highest BCUT2D eigenvalue weighted by atomic mass is 32.2. The van der Waals surface area contributed by atoms with Gasteiger partial charge in [0.15, 0.2) is 0 Å². The third-order valence-corrected chi connectivity index (χ3v) is 3.61. The number of pyridine rings is 1. The lowest BCUT2D eigenvalue weighted by Gasteiger charge is -2.09. The summed E-state index contributed by atoms with van der Waals surface area (Å²) in [7, 11) is 0. The zero-order chi connectivity index (χ0) is 15.7. The van der Waals surface area contributed by atoms with Crippen molar-refractivity contribution in [1.82, 2.24) is 4.98 Å². The normalized spacial score (nSPS) is 16.5. The number of thioether (sulfide) groups is 1. The summed E-state index contributed by atoms with van der Waals surface area (Å²) < 4.78 is 4.95. The van der Waals surface area contributed by atoms with Crippen LogP contribution >= 0.6 is 11.8 Å². The Kier molecular flexibility index (Phi) is 3.47. The lowest BCUT2D eigenvalue weighted by atomic mass is 10.3. The average Bonchev–Trinajstić information content (AvgIpc) is 3.06. The Labute approximate surface area is 127 Å². The van der Waals surface area contributed by atoms with Crippen LogP contribution in [-0.2, 0) is 4.79 Å². The molecule has 8 nitrogen and oxygen atoms in total. The molecule has 0 N–H and O–H groups in total. The quantitative estimate of drug-likeness (QED) is 0.486. The van der Waals surface area contributed by atoms with Crippen molar-refractivity contribution in [2.24, 2.45) is 0 Å². The number of carbonyl (C=O) groups is 2. The van der Waals surface area contributed by atoms with E-state index in [-0.39, 0.29) is 16.5 Å². The van der Waals surface area contributed by atoms with E-state index in [0.717, 1.165) is 16.7 Å². The predicted molar refractivity (Wildman–Crippen MR) is 78.0 cm³/mol. The molecule has 0 radical (unpaired) electrons. The maximum Gasteiger partial charge on any atom is 0.433 e. The summed E-state index contributed by atoms with van der Waals surface area (Å²) in [4.78, 5) is 39.1. The van der Waals surface area contributed by atoms with Gasteiger partial charge >= 0.3 is 5.88 Å². The number of nitro groups is 1. The first-order valence-corrected chi connectivity index (χ1v) is 6.81. The molecule has 0 unspecified atom stereocenters. The van der Waals surface area contributed by atoms with Gasteiger partial charge in [-0.2, -0.15) is 0 Å². The van der Waals surface area contributed by atoms with Crippen molar-refractivity contribution in [1.29, 1.82) is 0 Å². The molecule has 1 saturated heterocycles.